The minimum Gasteiger partial charge on any atom is -0.488 e. The molecule has 4 aliphatic heterocycles. The van der Waals surface area contributed by atoms with Gasteiger partial charge in [-0.05, 0) is 201 Å². The van der Waals surface area contributed by atoms with Crippen molar-refractivity contribution in [3.05, 3.63) is 144 Å². The number of aldehydes is 1. The van der Waals surface area contributed by atoms with Crippen LogP contribution in [-0.2, 0) is 43.6 Å². The molecule has 0 saturated heterocycles. The lowest BCUT2D eigenvalue weighted by Gasteiger charge is -2.32. The molecule has 4 aliphatic rings. The van der Waals surface area contributed by atoms with Crippen molar-refractivity contribution in [3.63, 3.8) is 0 Å². The van der Waals surface area contributed by atoms with Crippen LogP contribution in [0.25, 0.3) is 5.65 Å². The maximum Gasteiger partial charge on any atom is 0.295 e. The second kappa shape index (κ2) is 37.9. The number of anilines is 4. The molecule has 0 radical (unpaired) electrons. The third kappa shape index (κ3) is 23.0. The molecule has 0 amide bonds. The van der Waals surface area contributed by atoms with Gasteiger partial charge in [-0.1, -0.05) is 31.0 Å². The number of fused-ring (bicyclic) bond motifs is 5. The number of ether oxygens (including phenoxy) is 6. The van der Waals surface area contributed by atoms with Gasteiger partial charge in [0.15, 0.2) is 69.5 Å². The molecule has 0 saturated carbocycles. The minimum atomic E-state index is -4.08. The lowest BCUT2D eigenvalue weighted by atomic mass is 10.1. The van der Waals surface area contributed by atoms with E-state index in [0.29, 0.717) is 73.7 Å². The Morgan fingerprint density at radius 2 is 1.13 bits per heavy atom. The molecule has 26 nitrogen and oxygen atoms in total. The zero-order valence-electron chi connectivity index (χ0n) is 60.1. The van der Waals surface area contributed by atoms with Crippen molar-refractivity contribution < 1.29 is 46.2 Å². The quantitative estimate of drug-likeness (QED) is 0.0274. The summed E-state index contributed by atoms with van der Waals surface area (Å²) >= 11 is 6.65. The molecule has 0 spiro atoms. The second-order valence-electron chi connectivity index (χ2n) is 24.3. The molecule has 99 heavy (non-hydrogen) atoms. The lowest BCUT2D eigenvalue weighted by molar-refractivity contribution is -0.139. The molecule has 4 atom stereocenters. The number of nitrogens with one attached hydrogen (secondary N) is 2. The third-order valence-electron chi connectivity index (χ3n) is 16.1. The number of carbonyl (C=O) groups excluding carboxylic acids is 1. The highest BCUT2D eigenvalue weighted by Gasteiger charge is 2.26. The fourth-order valence-corrected chi connectivity index (χ4v) is 11.8. The van der Waals surface area contributed by atoms with E-state index in [2.05, 4.69) is 129 Å². The summed E-state index contributed by atoms with van der Waals surface area (Å²) in [4.78, 5) is 47.6. The van der Waals surface area contributed by atoms with Gasteiger partial charge in [0, 0.05) is 71.0 Å². The maximum atomic E-state index is 10.9. The Morgan fingerprint density at radius 1 is 0.657 bits per heavy atom. The molecule has 0 bridgehead atoms. The summed E-state index contributed by atoms with van der Waals surface area (Å²) < 4.78 is 68.6. The van der Waals surface area contributed by atoms with Crippen molar-refractivity contribution in [2.45, 2.75) is 171 Å². The van der Waals surface area contributed by atoms with Gasteiger partial charge in [-0.15, -0.1) is 0 Å². The number of aryl methyl sites for hydroxylation is 10. The third-order valence-corrected chi connectivity index (χ3v) is 18.1. The standard InChI is InChI=1S/C18H22N6O.C12H16N2O2.C9H11BrN2O.C9H12O3S.C8H9BrN2O.C8H18O2.C6H10N4/c1-11-9-19-13(3)17-21-16(22-24(11)17)8-6-14-5-7-15-18(20-14)23(4)12(2)10-25-15;1-9-8-16-11-6-5-10(4-3-7-15)13-12(11)14(9)2;1-6-5-13-7-3-4-8(10)11-9(7)12(6)2;1-6-4-7(2)9(8(3)5-6)13(10,11)12;1-5-4-12-6-2-3-7(9)11-8(6)10-5;1-4-7-8(9-5-2)10-6-3;1-4-3-9-5(2)6(7)10(4)8/h5,7,9,12H,6,8,10H2,1-4H3;5-7,9H,3-4,8H2,1-2H3;3-4,6H,5H2,1-2H3;4-5H,1-3H3,(H,10,11,12);2-3,5H,4H2,1H3,(H,10,11);8H,4-7H2,1-3H3;3,7H,8H2,1-2H3. The number of benzene rings is 1. The van der Waals surface area contributed by atoms with E-state index in [0.717, 1.165) is 153 Å². The number of halogens is 2. The number of pyridine rings is 4. The van der Waals surface area contributed by atoms with Crippen molar-refractivity contribution >= 4 is 77.2 Å². The molecule has 4 unspecified atom stereocenters. The van der Waals surface area contributed by atoms with Crippen LogP contribution < -0.4 is 50.3 Å². The zero-order chi connectivity index (χ0) is 72.8. The van der Waals surface area contributed by atoms with Gasteiger partial charge >= 0.3 is 0 Å². The van der Waals surface area contributed by atoms with Crippen molar-refractivity contribution in [1.29, 1.82) is 5.41 Å². The number of nitrogens with two attached hydrogens (primary N) is 1. The first-order chi connectivity index (χ1) is 47.0. The van der Waals surface area contributed by atoms with E-state index in [1.807, 2.05) is 115 Å². The number of hydrogen-bond acceptors (Lipinski definition) is 23. The number of likely N-dealkylation sites (N-methyl/N-ethyl adjacent to an activating group) is 3. The number of carbonyl (C=O) groups is 1. The molecule has 11 heterocycles. The van der Waals surface area contributed by atoms with Crippen molar-refractivity contribution in [2.75, 3.05) is 86.6 Å². The van der Waals surface area contributed by atoms with Crippen LogP contribution in [0.4, 0.5) is 23.3 Å². The summed E-state index contributed by atoms with van der Waals surface area (Å²) in [7, 11) is 2.03. The average Bonchev–Trinajstić information content (AvgIpc) is 1.57. The van der Waals surface area contributed by atoms with Gasteiger partial charge in [0.2, 0.25) is 0 Å². The smallest absolute Gasteiger partial charge is 0.295 e. The highest BCUT2D eigenvalue weighted by molar-refractivity contribution is 9.10. The summed E-state index contributed by atoms with van der Waals surface area (Å²) in [5.41, 5.74) is 8.52. The van der Waals surface area contributed by atoms with Crippen molar-refractivity contribution in [3.8, 4) is 23.0 Å². The SMILES string of the molecule is CC1COc2ccc(Br)nc2N1.CC1COc2ccc(Br)nc2N1C.CC1COc2ccc(CCC=O)nc2N1C.CCCC(OCC)OCC.Cc1cc(C)c(S(=O)(=O)O)c(C)c1.Cc1ncc(C)n(N)c1=N.Cc1ncc(C)n2nc(CCc3ccc4c(n3)N(C)C(C)CO4)nc12. The summed E-state index contributed by atoms with van der Waals surface area (Å²) in [6.07, 6.45) is 9.28. The van der Waals surface area contributed by atoms with Crippen LogP contribution in [0.15, 0.2) is 87.2 Å². The van der Waals surface area contributed by atoms with E-state index in [4.69, 9.17) is 49.2 Å². The monoisotopic (exact) mass is 1510 g/mol. The van der Waals surface area contributed by atoms with Gasteiger partial charge in [0.05, 0.1) is 51.8 Å². The van der Waals surface area contributed by atoms with Crippen LogP contribution in [0.5, 0.6) is 23.0 Å². The second-order valence-corrected chi connectivity index (χ2v) is 27.3. The number of nitrogens with zero attached hydrogens (tertiary/aromatic N) is 13. The fourth-order valence-electron chi connectivity index (χ4n) is 10.2. The zero-order valence-corrected chi connectivity index (χ0v) is 64.0. The predicted molar refractivity (Wildman–Crippen MR) is 393 cm³/mol. The van der Waals surface area contributed by atoms with Gasteiger partial charge in [-0.3, -0.25) is 19.9 Å². The van der Waals surface area contributed by atoms with E-state index in [9.17, 15) is 13.2 Å². The normalized spacial score (nSPS) is 16.2. The molecule has 8 aromatic rings. The van der Waals surface area contributed by atoms with E-state index in [1.54, 1.807) is 39.1 Å². The first-order valence-electron chi connectivity index (χ1n) is 33.0. The Morgan fingerprint density at radius 3 is 1.63 bits per heavy atom. The summed E-state index contributed by atoms with van der Waals surface area (Å²) in [6, 6.07) is 20.3. The van der Waals surface area contributed by atoms with Crippen molar-refractivity contribution in [2.24, 2.45) is 0 Å². The van der Waals surface area contributed by atoms with Crippen LogP contribution in [0.2, 0.25) is 0 Å². The molecule has 7 aromatic heterocycles. The van der Waals surface area contributed by atoms with E-state index in [1.165, 1.54) is 4.68 Å². The Kier molecular flexibility index (Phi) is 30.6. The Bertz CT molecular complexity index is 4070. The van der Waals surface area contributed by atoms with Crippen LogP contribution in [0.3, 0.4) is 0 Å². The number of rotatable bonds is 13. The van der Waals surface area contributed by atoms with Gasteiger partial charge in [-0.25, -0.2) is 34.1 Å². The molecule has 0 aliphatic carbocycles. The highest BCUT2D eigenvalue weighted by Crippen LogP contribution is 2.34. The van der Waals surface area contributed by atoms with E-state index < -0.39 is 10.1 Å². The van der Waals surface area contributed by atoms with Gasteiger partial charge in [0.25, 0.3) is 10.1 Å². The van der Waals surface area contributed by atoms with Gasteiger partial charge < -0.3 is 59.1 Å². The summed E-state index contributed by atoms with van der Waals surface area (Å²) in [5.74, 6) is 13.2. The van der Waals surface area contributed by atoms with Crippen LogP contribution >= 0.6 is 31.9 Å². The molecule has 29 heteroatoms. The highest BCUT2D eigenvalue weighted by atomic mass is 79.9. The molecule has 12 rings (SSSR count). The van der Waals surface area contributed by atoms with E-state index >= 15 is 0 Å². The molecule has 1 aromatic carbocycles. The first-order valence-corrected chi connectivity index (χ1v) is 36.0. The summed E-state index contributed by atoms with van der Waals surface area (Å²) in [6.45, 7) is 31.6. The molecule has 538 valence electrons. The summed E-state index contributed by atoms with van der Waals surface area (Å²) in [5, 5.41) is 15.2. The minimum absolute atomic E-state index is 0.0260. The topological polar surface area (TPSA) is 311 Å². The van der Waals surface area contributed by atoms with Crippen LogP contribution in [0.1, 0.15) is 124 Å². The average molecular weight is 1520 g/mol. The van der Waals surface area contributed by atoms with Crippen LogP contribution in [-0.4, -0.2) is 160 Å². The van der Waals surface area contributed by atoms with E-state index in [-0.39, 0.29) is 16.7 Å². The number of aromatic nitrogens is 10. The number of nitrogen functional groups attached to an aromatic ring is 1. The Hall–Kier alpha value is -8.09. The van der Waals surface area contributed by atoms with Gasteiger partial charge in [0.1, 0.15) is 41.9 Å². The molecular formula is C70H98Br2N16O10S. The molecule has 5 N–H and O–H groups in total. The number of hydrogen-bond donors (Lipinski definition) is 4. The largest absolute Gasteiger partial charge is 0.488 e. The fraction of sp³-hybridized carbons (Fsp3) is 0.486. The van der Waals surface area contributed by atoms with Crippen LogP contribution in [0, 0.1) is 53.9 Å². The first kappa shape index (κ1) is 79.9. The molecular weight excluding hydrogens is 1420 g/mol. The van der Waals surface area contributed by atoms with Gasteiger partial charge in [-0.2, -0.15) is 13.5 Å². The maximum absolute atomic E-state index is 10.9. The predicted octanol–water partition coefficient (Wildman–Crippen LogP) is 11.4. The Balaban J connectivity index is 0.000000187. The Labute approximate surface area is 599 Å². The molecule has 0 fully saturated rings. The van der Waals surface area contributed by atoms with Crippen molar-refractivity contribution in [1.82, 2.24) is 49.2 Å². The lowest BCUT2D eigenvalue weighted by Crippen LogP contribution is -2.38.